The molecule has 0 radical (unpaired) electrons. The lowest BCUT2D eigenvalue weighted by Crippen LogP contribution is -2.32. The first-order chi connectivity index (χ1) is 6.83. The summed E-state index contributed by atoms with van der Waals surface area (Å²) >= 11 is 0. The summed E-state index contributed by atoms with van der Waals surface area (Å²) in [6.45, 7) is 0. The molecule has 1 saturated carbocycles. The third-order valence-corrected chi connectivity index (χ3v) is 4.07. The minimum atomic E-state index is -4.23. The van der Waals surface area contributed by atoms with E-state index >= 15 is 0 Å². The predicted octanol–water partition coefficient (Wildman–Crippen LogP) is 3.36. The van der Waals surface area contributed by atoms with E-state index in [0.717, 1.165) is 19.3 Å². The van der Waals surface area contributed by atoms with Crippen LogP contribution in [0.4, 0.5) is 13.2 Å². The number of alkyl halides is 3. The Hall–Kier alpha value is -0.0200. The number of hydrogen-bond donors (Lipinski definition) is 1. The van der Waals surface area contributed by atoms with Crippen LogP contribution in [0.15, 0.2) is 0 Å². The third-order valence-electron chi connectivity index (χ3n) is 3.02. The zero-order chi connectivity index (χ0) is 11.5. The standard InChI is InChI=1S/C9H16F3O2P/c10-9(11,12)6-8(7-15(13)14)4-2-1-3-5-8/h15H,1-7H2,(H,13,14). The van der Waals surface area contributed by atoms with E-state index in [0.29, 0.717) is 12.8 Å². The first kappa shape index (κ1) is 13.0. The number of rotatable bonds is 3. The Kier molecular flexibility index (Phi) is 4.24. The van der Waals surface area contributed by atoms with Crippen molar-refractivity contribution in [2.24, 2.45) is 5.41 Å². The molecule has 90 valence electrons. The molecule has 0 heterocycles. The fourth-order valence-electron chi connectivity index (χ4n) is 2.46. The molecular weight excluding hydrogens is 228 g/mol. The molecule has 0 aliphatic heterocycles. The van der Waals surface area contributed by atoms with Gasteiger partial charge >= 0.3 is 6.18 Å². The summed E-state index contributed by atoms with van der Waals surface area (Å²) in [6.07, 6.45) is -2.02. The second-order valence-electron chi connectivity index (χ2n) is 4.42. The van der Waals surface area contributed by atoms with Crippen molar-refractivity contribution in [2.45, 2.75) is 44.7 Å². The maximum absolute atomic E-state index is 12.4. The summed E-state index contributed by atoms with van der Waals surface area (Å²) in [5.74, 6) is 0. The van der Waals surface area contributed by atoms with Gasteiger partial charge in [0.15, 0.2) is 8.03 Å². The highest BCUT2D eigenvalue weighted by Crippen LogP contribution is 2.48. The zero-order valence-electron chi connectivity index (χ0n) is 8.44. The van der Waals surface area contributed by atoms with Gasteiger partial charge < -0.3 is 4.89 Å². The first-order valence-corrected chi connectivity index (χ1v) is 6.68. The summed E-state index contributed by atoms with van der Waals surface area (Å²) in [7, 11) is -2.81. The molecule has 0 aromatic carbocycles. The predicted molar refractivity (Wildman–Crippen MR) is 52.3 cm³/mol. The van der Waals surface area contributed by atoms with Crippen molar-refractivity contribution >= 4 is 8.03 Å². The van der Waals surface area contributed by atoms with Crippen molar-refractivity contribution in [3.8, 4) is 0 Å². The van der Waals surface area contributed by atoms with E-state index in [1.165, 1.54) is 0 Å². The minimum absolute atomic E-state index is 0.169. The van der Waals surface area contributed by atoms with Crippen molar-refractivity contribution in [3.63, 3.8) is 0 Å². The zero-order valence-corrected chi connectivity index (χ0v) is 9.44. The molecule has 0 aromatic heterocycles. The summed E-state index contributed by atoms with van der Waals surface area (Å²) in [5.41, 5.74) is -0.957. The van der Waals surface area contributed by atoms with Crippen LogP contribution < -0.4 is 0 Å². The van der Waals surface area contributed by atoms with Gasteiger partial charge in [0, 0.05) is 12.6 Å². The topological polar surface area (TPSA) is 37.3 Å². The van der Waals surface area contributed by atoms with Crippen molar-refractivity contribution in [1.29, 1.82) is 0 Å². The highest BCUT2D eigenvalue weighted by molar-refractivity contribution is 7.38. The highest BCUT2D eigenvalue weighted by Gasteiger charge is 2.43. The average Bonchev–Trinajstić information content (AvgIpc) is 1.99. The van der Waals surface area contributed by atoms with Gasteiger partial charge in [-0.3, -0.25) is 4.57 Å². The molecule has 1 aliphatic rings. The van der Waals surface area contributed by atoms with Gasteiger partial charge in [-0.1, -0.05) is 19.3 Å². The third kappa shape index (κ3) is 4.56. The Bertz CT molecular complexity index is 234. The largest absolute Gasteiger partial charge is 0.389 e. The van der Waals surface area contributed by atoms with E-state index < -0.39 is 26.0 Å². The van der Waals surface area contributed by atoms with Crippen molar-refractivity contribution in [1.82, 2.24) is 0 Å². The van der Waals surface area contributed by atoms with Gasteiger partial charge in [0.1, 0.15) is 0 Å². The SMILES string of the molecule is O=[PH](O)CC1(CC(F)(F)F)CCCCC1. The van der Waals surface area contributed by atoms with Gasteiger partial charge in [0.25, 0.3) is 0 Å². The van der Waals surface area contributed by atoms with Crippen LogP contribution in [0, 0.1) is 5.41 Å². The van der Waals surface area contributed by atoms with E-state index in [1.54, 1.807) is 0 Å². The lowest BCUT2D eigenvalue weighted by atomic mass is 9.73. The van der Waals surface area contributed by atoms with Crippen LogP contribution in [0.3, 0.4) is 0 Å². The molecule has 1 fully saturated rings. The maximum atomic E-state index is 12.4. The maximum Gasteiger partial charge on any atom is 0.389 e. The molecule has 1 unspecified atom stereocenters. The highest BCUT2D eigenvalue weighted by atomic mass is 31.1. The van der Waals surface area contributed by atoms with E-state index in [-0.39, 0.29) is 6.16 Å². The molecule has 0 aromatic rings. The Morgan fingerprint density at radius 2 is 1.73 bits per heavy atom. The molecule has 1 atom stereocenters. The summed E-state index contributed by atoms with van der Waals surface area (Å²) in [6, 6.07) is 0. The Labute approximate surface area is 87.7 Å². The Morgan fingerprint density at radius 1 is 1.20 bits per heavy atom. The monoisotopic (exact) mass is 244 g/mol. The fourth-order valence-corrected chi connectivity index (χ4v) is 3.58. The van der Waals surface area contributed by atoms with Crippen LogP contribution in [-0.2, 0) is 4.57 Å². The van der Waals surface area contributed by atoms with Crippen molar-refractivity contribution in [3.05, 3.63) is 0 Å². The van der Waals surface area contributed by atoms with Crippen LogP contribution >= 0.6 is 8.03 Å². The molecule has 1 N–H and O–H groups in total. The average molecular weight is 244 g/mol. The second kappa shape index (κ2) is 4.88. The summed E-state index contributed by atoms with van der Waals surface area (Å²) in [5, 5.41) is 0. The smallest absolute Gasteiger partial charge is 0.346 e. The van der Waals surface area contributed by atoms with Gasteiger partial charge in [-0.15, -0.1) is 0 Å². The lowest BCUT2D eigenvalue weighted by Gasteiger charge is -2.37. The van der Waals surface area contributed by atoms with Crippen LogP contribution in [0.2, 0.25) is 0 Å². The fraction of sp³-hybridized carbons (Fsp3) is 1.00. The van der Waals surface area contributed by atoms with Gasteiger partial charge in [0.2, 0.25) is 0 Å². The van der Waals surface area contributed by atoms with Crippen molar-refractivity contribution < 1.29 is 22.6 Å². The van der Waals surface area contributed by atoms with E-state index in [9.17, 15) is 17.7 Å². The van der Waals surface area contributed by atoms with Crippen molar-refractivity contribution in [2.75, 3.05) is 6.16 Å². The molecule has 1 aliphatic carbocycles. The molecule has 15 heavy (non-hydrogen) atoms. The second-order valence-corrected chi connectivity index (χ2v) is 5.56. The van der Waals surface area contributed by atoms with Gasteiger partial charge in [-0.2, -0.15) is 13.2 Å². The first-order valence-electron chi connectivity index (χ1n) is 5.12. The van der Waals surface area contributed by atoms with E-state index in [2.05, 4.69) is 0 Å². The molecule has 0 amide bonds. The minimum Gasteiger partial charge on any atom is -0.346 e. The van der Waals surface area contributed by atoms with Gasteiger partial charge in [-0.25, -0.2) is 0 Å². The number of hydrogen-bond acceptors (Lipinski definition) is 1. The lowest BCUT2D eigenvalue weighted by molar-refractivity contribution is -0.159. The Morgan fingerprint density at radius 3 is 2.13 bits per heavy atom. The molecule has 2 nitrogen and oxygen atoms in total. The van der Waals surface area contributed by atoms with Crippen LogP contribution in [0.5, 0.6) is 0 Å². The van der Waals surface area contributed by atoms with E-state index in [1.807, 2.05) is 0 Å². The van der Waals surface area contributed by atoms with Gasteiger partial charge in [-0.05, 0) is 18.3 Å². The molecule has 6 heteroatoms. The molecule has 0 bridgehead atoms. The molecule has 1 rings (SSSR count). The molecule has 0 saturated heterocycles. The molecule has 0 spiro atoms. The van der Waals surface area contributed by atoms with Gasteiger partial charge in [0.05, 0.1) is 0 Å². The van der Waals surface area contributed by atoms with E-state index in [4.69, 9.17) is 4.89 Å². The van der Waals surface area contributed by atoms with Crippen LogP contribution in [-0.4, -0.2) is 17.2 Å². The van der Waals surface area contributed by atoms with Crippen LogP contribution in [0.25, 0.3) is 0 Å². The summed E-state index contributed by atoms with van der Waals surface area (Å²) in [4.78, 5) is 8.85. The molecular formula is C9H16F3O2P. The Balaban J connectivity index is 2.70. The van der Waals surface area contributed by atoms with Crippen LogP contribution in [0.1, 0.15) is 38.5 Å². The summed E-state index contributed by atoms with van der Waals surface area (Å²) < 4.78 is 47.9. The number of halogens is 3. The quantitative estimate of drug-likeness (QED) is 0.773. The normalized spacial score (nSPS) is 23.7.